The number of sulfonamides is 1. The molecule has 2 rings (SSSR count). The average molecular weight is 439 g/mol. The molecule has 0 heterocycles. The van der Waals surface area contributed by atoms with Crippen LogP contribution in [0.1, 0.15) is 0 Å². The van der Waals surface area contributed by atoms with Crippen LogP contribution in [0, 0.1) is 0 Å². The Labute approximate surface area is 151 Å². The highest BCUT2D eigenvalue weighted by Gasteiger charge is 2.27. The van der Waals surface area contributed by atoms with E-state index in [1.165, 1.54) is 36.4 Å². The lowest BCUT2D eigenvalue weighted by Crippen LogP contribution is -2.35. The molecule has 0 aliphatic heterocycles. The fraction of sp³-hybridized carbons (Fsp3) is 0.0714. The molecule has 0 aliphatic carbocycles. The number of benzene rings is 2. The van der Waals surface area contributed by atoms with E-state index in [-0.39, 0.29) is 15.6 Å². The molecular formula is C14H10BrCl2NO4S. The highest BCUT2D eigenvalue weighted by Crippen LogP contribution is 2.30. The highest BCUT2D eigenvalue weighted by atomic mass is 79.9. The molecule has 2 aromatic carbocycles. The van der Waals surface area contributed by atoms with E-state index in [1.54, 1.807) is 6.07 Å². The molecule has 122 valence electrons. The third-order valence-corrected chi connectivity index (χ3v) is 6.14. The molecule has 1 N–H and O–H groups in total. The van der Waals surface area contributed by atoms with Crippen LogP contribution in [0.3, 0.4) is 0 Å². The lowest BCUT2D eigenvalue weighted by atomic mass is 10.3. The molecule has 0 fully saturated rings. The van der Waals surface area contributed by atoms with Gasteiger partial charge in [-0.1, -0.05) is 23.2 Å². The summed E-state index contributed by atoms with van der Waals surface area (Å²) in [7, 11) is -4.08. The van der Waals surface area contributed by atoms with Crippen molar-refractivity contribution in [2.75, 3.05) is 10.8 Å². The molecule has 0 spiro atoms. The molecule has 0 bridgehead atoms. The second kappa shape index (κ2) is 7.09. The Balaban J connectivity index is 2.55. The lowest BCUT2D eigenvalue weighted by molar-refractivity contribution is -0.135. The van der Waals surface area contributed by atoms with Crippen molar-refractivity contribution in [3.05, 3.63) is 57.0 Å². The first-order valence-electron chi connectivity index (χ1n) is 6.17. The molecule has 0 saturated carbocycles. The van der Waals surface area contributed by atoms with Crippen LogP contribution in [0.5, 0.6) is 0 Å². The van der Waals surface area contributed by atoms with Gasteiger partial charge in [-0.3, -0.25) is 9.10 Å². The van der Waals surface area contributed by atoms with Crippen molar-refractivity contribution in [1.29, 1.82) is 0 Å². The second-order valence-electron chi connectivity index (χ2n) is 4.46. The first kappa shape index (κ1) is 18.1. The number of anilines is 1. The van der Waals surface area contributed by atoms with Gasteiger partial charge in [0.2, 0.25) is 0 Å². The normalized spacial score (nSPS) is 11.3. The predicted octanol–water partition coefficient (Wildman–Crippen LogP) is 4.04. The van der Waals surface area contributed by atoms with Crippen molar-refractivity contribution in [1.82, 2.24) is 0 Å². The number of nitrogens with zero attached hydrogens (tertiary/aromatic N) is 1. The first-order chi connectivity index (χ1) is 10.7. The summed E-state index contributed by atoms with van der Waals surface area (Å²) < 4.78 is 26.8. The van der Waals surface area contributed by atoms with Crippen LogP contribution < -0.4 is 4.31 Å². The van der Waals surface area contributed by atoms with Crippen LogP contribution in [0.4, 0.5) is 5.69 Å². The van der Waals surface area contributed by atoms with Crippen molar-refractivity contribution in [3.8, 4) is 0 Å². The number of carboxylic acid groups (broad SMARTS) is 1. The largest absolute Gasteiger partial charge is 0.480 e. The zero-order chi connectivity index (χ0) is 17.2. The SMILES string of the molecule is O=C(O)CN(c1ccc(Br)c(Cl)c1)S(=O)(=O)c1ccc(Cl)cc1. The Bertz CT molecular complexity index is 840. The average Bonchev–Trinajstić information content (AvgIpc) is 2.48. The third kappa shape index (κ3) is 4.17. The van der Waals surface area contributed by atoms with Crippen LogP contribution in [-0.2, 0) is 14.8 Å². The molecule has 2 aromatic rings. The number of rotatable bonds is 5. The van der Waals surface area contributed by atoms with Gasteiger partial charge in [-0.05, 0) is 58.4 Å². The van der Waals surface area contributed by atoms with Gasteiger partial charge >= 0.3 is 5.97 Å². The third-order valence-electron chi connectivity index (χ3n) is 2.87. The molecule has 23 heavy (non-hydrogen) atoms. The van der Waals surface area contributed by atoms with Crippen molar-refractivity contribution < 1.29 is 18.3 Å². The van der Waals surface area contributed by atoms with Crippen LogP contribution in [-0.4, -0.2) is 26.0 Å². The molecular weight excluding hydrogens is 429 g/mol. The molecule has 0 saturated heterocycles. The van der Waals surface area contributed by atoms with Crippen molar-refractivity contribution in [2.24, 2.45) is 0 Å². The van der Waals surface area contributed by atoms with Gasteiger partial charge in [-0.15, -0.1) is 0 Å². The van der Waals surface area contributed by atoms with E-state index in [0.717, 1.165) is 4.31 Å². The fourth-order valence-corrected chi connectivity index (χ4v) is 3.77. The maximum Gasteiger partial charge on any atom is 0.324 e. The van der Waals surface area contributed by atoms with Gasteiger partial charge in [-0.2, -0.15) is 0 Å². The van der Waals surface area contributed by atoms with Crippen LogP contribution in [0.25, 0.3) is 0 Å². The van der Waals surface area contributed by atoms with Gasteiger partial charge in [0.1, 0.15) is 6.54 Å². The van der Waals surface area contributed by atoms with Gasteiger partial charge in [-0.25, -0.2) is 8.42 Å². The molecule has 0 radical (unpaired) electrons. The van der Waals surface area contributed by atoms with E-state index in [4.69, 9.17) is 28.3 Å². The fourth-order valence-electron chi connectivity index (χ4n) is 1.81. The summed E-state index contributed by atoms with van der Waals surface area (Å²) in [5, 5.41) is 9.70. The summed E-state index contributed by atoms with van der Waals surface area (Å²) in [5.74, 6) is -1.29. The molecule has 0 aromatic heterocycles. The number of hydrogen-bond donors (Lipinski definition) is 1. The maximum absolute atomic E-state index is 12.7. The Morgan fingerprint density at radius 1 is 1.13 bits per heavy atom. The van der Waals surface area contributed by atoms with Crippen LogP contribution in [0.15, 0.2) is 51.8 Å². The van der Waals surface area contributed by atoms with Crippen LogP contribution in [0.2, 0.25) is 10.0 Å². The maximum atomic E-state index is 12.7. The van der Waals surface area contributed by atoms with E-state index in [0.29, 0.717) is 9.50 Å². The molecule has 5 nitrogen and oxygen atoms in total. The molecule has 0 atom stereocenters. The van der Waals surface area contributed by atoms with E-state index < -0.39 is 22.5 Å². The molecule has 0 aliphatic rings. The first-order valence-corrected chi connectivity index (χ1v) is 9.16. The Morgan fingerprint density at radius 3 is 2.26 bits per heavy atom. The number of aliphatic carboxylic acids is 1. The Kier molecular flexibility index (Phi) is 5.57. The number of hydrogen-bond acceptors (Lipinski definition) is 3. The smallest absolute Gasteiger partial charge is 0.324 e. The lowest BCUT2D eigenvalue weighted by Gasteiger charge is -2.23. The van der Waals surface area contributed by atoms with Gasteiger partial charge in [0, 0.05) is 9.50 Å². The number of carbonyl (C=O) groups is 1. The highest BCUT2D eigenvalue weighted by molar-refractivity contribution is 9.10. The quantitative estimate of drug-likeness (QED) is 0.764. The number of carboxylic acids is 1. The van der Waals surface area contributed by atoms with Gasteiger partial charge in [0.15, 0.2) is 0 Å². The van der Waals surface area contributed by atoms with Crippen LogP contribution >= 0.6 is 39.1 Å². The summed E-state index contributed by atoms with van der Waals surface area (Å²) in [5.41, 5.74) is 0.149. The summed E-state index contributed by atoms with van der Waals surface area (Å²) in [6.07, 6.45) is 0. The summed E-state index contributed by atoms with van der Waals surface area (Å²) in [6, 6.07) is 9.85. The van der Waals surface area contributed by atoms with Gasteiger partial charge in [0.25, 0.3) is 10.0 Å². The Morgan fingerprint density at radius 2 is 1.74 bits per heavy atom. The molecule has 0 amide bonds. The molecule has 0 unspecified atom stereocenters. The predicted molar refractivity (Wildman–Crippen MR) is 92.8 cm³/mol. The number of halogens is 3. The van der Waals surface area contributed by atoms with Crippen molar-refractivity contribution in [2.45, 2.75) is 4.90 Å². The topological polar surface area (TPSA) is 74.7 Å². The summed E-state index contributed by atoms with van der Waals surface area (Å²) >= 11 is 14.9. The van der Waals surface area contributed by atoms with E-state index in [2.05, 4.69) is 15.9 Å². The summed E-state index contributed by atoms with van der Waals surface area (Å²) in [4.78, 5) is 11.0. The minimum Gasteiger partial charge on any atom is -0.480 e. The second-order valence-corrected chi connectivity index (χ2v) is 8.02. The summed E-state index contributed by atoms with van der Waals surface area (Å²) in [6.45, 7) is -0.733. The van der Waals surface area contributed by atoms with E-state index in [1.807, 2.05) is 0 Å². The zero-order valence-electron chi connectivity index (χ0n) is 11.4. The standard InChI is InChI=1S/C14H10BrCl2NO4S/c15-12-6-3-10(7-13(12)17)18(8-14(19)20)23(21,22)11-4-1-9(16)2-5-11/h1-7H,8H2,(H,19,20). The van der Waals surface area contributed by atoms with Gasteiger partial charge < -0.3 is 5.11 Å². The van der Waals surface area contributed by atoms with Crippen molar-refractivity contribution in [3.63, 3.8) is 0 Å². The van der Waals surface area contributed by atoms with Crippen molar-refractivity contribution >= 4 is 60.8 Å². The Hall–Kier alpha value is -1.28. The monoisotopic (exact) mass is 437 g/mol. The van der Waals surface area contributed by atoms with E-state index >= 15 is 0 Å². The minimum atomic E-state index is -4.08. The minimum absolute atomic E-state index is 0.0674. The van der Waals surface area contributed by atoms with E-state index in [9.17, 15) is 13.2 Å². The zero-order valence-corrected chi connectivity index (χ0v) is 15.3. The van der Waals surface area contributed by atoms with Gasteiger partial charge in [0.05, 0.1) is 15.6 Å². The molecule has 9 heteroatoms.